The van der Waals surface area contributed by atoms with Gasteiger partial charge in [0.25, 0.3) is 0 Å². The first kappa shape index (κ1) is 14.8. The van der Waals surface area contributed by atoms with Crippen LogP contribution in [0.3, 0.4) is 0 Å². The molecule has 18 heavy (non-hydrogen) atoms. The zero-order valence-corrected chi connectivity index (χ0v) is 11.8. The molecule has 0 bridgehead atoms. The molecular weight excluding hydrogens is 246 g/mol. The third kappa shape index (κ3) is 5.91. The smallest absolute Gasteiger partial charge is 0.226 e. The summed E-state index contributed by atoms with van der Waals surface area (Å²) in [6.45, 7) is 4.17. The summed E-state index contributed by atoms with van der Waals surface area (Å²) in [5.41, 5.74) is 6.90. The Kier molecular flexibility index (Phi) is 6.57. The van der Waals surface area contributed by atoms with E-state index in [2.05, 4.69) is 17.2 Å². The van der Waals surface area contributed by atoms with Crippen LogP contribution in [-0.4, -0.2) is 28.4 Å². The maximum atomic E-state index is 11.8. The van der Waals surface area contributed by atoms with Crippen LogP contribution in [0.15, 0.2) is 18.3 Å². The van der Waals surface area contributed by atoms with Gasteiger partial charge in [0.1, 0.15) is 0 Å². The van der Waals surface area contributed by atoms with E-state index in [4.69, 9.17) is 5.73 Å². The van der Waals surface area contributed by atoms with Crippen molar-refractivity contribution < 1.29 is 4.79 Å². The molecule has 3 N–H and O–H groups in total. The van der Waals surface area contributed by atoms with Crippen LogP contribution < -0.4 is 11.1 Å². The third-order valence-corrected chi connectivity index (χ3v) is 3.43. The van der Waals surface area contributed by atoms with E-state index in [-0.39, 0.29) is 11.9 Å². The average Bonchev–Trinajstić information content (AvgIpc) is 2.32. The Morgan fingerprint density at radius 2 is 2.33 bits per heavy atom. The molecule has 0 saturated carbocycles. The lowest BCUT2D eigenvalue weighted by atomic mass is 10.2. The highest BCUT2D eigenvalue weighted by molar-refractivity contribution is 7.99. The molecule has 0 aliphatic heterocycles. The van der Waals surface area contributed by atoms with Crippen LogP contribution in [0.2, 0.25) is 0 Å². The van der Waals surface area contributed by atoms with E-state index in [0.29, 0.717) is 12.1 Å². The zero-order valence-electron chi connectivity index (χ0n) is 11.0. The van der Waals surface area contributed by atoms with Crippen molar-refractivity contribution in [2.45, 2.75) is 32.7 Å². The van der Waals surface area contributed by atoms with Gasteiger partial charge in [0, 0.05) is 11.7 Å². The number of nitrogens with zero attached hydrogens (tertiary/aromatic N) is 1. The number of amides is 1. The molecule has 100 valence electrons. The SMILES string of the molecule is CCSCCC(C)NC(=O)Cc1ccc(N)cn1. The summed E-state index contributed by atoms with van der Waals surface area (Å²) in [5, 5.41) is 2.98. The van der Waals surface area contributed by atoms with Crippen LogP contribution >= 0.6 is 11.8 Å². The number of nitrogen functional groups attached to an aromatic ring is 1. The van der Waals surface area contributed by atoms with E-state index in [1.165, 1.54) is 0 Å². The summed E-state index contributed by atoms with van der Waals surface area (Å²) in [6.07, 6.45) is 2.88. The van der Waals surface area contributed by atoms with Gasteiger partial charge in [-0.3, -0.25) is 9.78 Å². The van der Waals surface area contributed by atoms with Crippen molar-refractivity contribution in [2.75, 3.05) is 17.2 Å². The maximum Gasteiger partial charge on any atom is 0.226 e. The van der Waals surface area contributed by atoms with Gasteiger partial charge in [0.2, 0.25) is 5.91 Å². The number of pyridine rings is 1. The number of carbonyl (C=O) groups excluding carboxylic acids is 1. The molecule has 0 aliphatic rings. The van der Waals surface area contributed by atoms with E-state index in [0.717, 1.165) is 23.6 Å². The number of thioether (sulfide) groups is 1. The molecule has 0 aromatic carbocycles. The van der Waals surface area contributed by atoms with Crippen molar-refractivity contribution in [3.05, 3.63) is 24.0 Å². The van der Waals surface area contributed by atoms with Gasteiger partial charge in [0.15, 0.2) is 0 Å². The molecule has 0 aliphatic carbocycles. The van der Waals surface area contributed by atoms with Gasteiger partial charge in [0.05, 0.1) is 18.3 Å². The Morgan fingerprint density at radius 1 is 1.56 bits per heavy atom. The summed E-state index contributed by atoms with van der Waals surface area (Å²) in [5.74, 6) is 2.22. The molecule has 1 aromatic heterocycles. The van der Waals surface area contributed by atoms with Gasteiger partial charge in [-0.25, -0.2) is 0 Å². The molecule has 1 unspecified atom stereocenters. The highest BCUT2D eigenvalue weighted by Crippen LogP contribution is 2.05. The number of hydrogen-bond donors (Lipinski definition) is 2. The van der Waals surface area contributed by atoms with Gasteiger partial charge in [-0.05, 0) is 37.0 Å². The molecule has 0 radical (unpaired) electrons. The van der Waals surface area contributed by atoms with Crippen LogP contribution in [0, 0.1) is 0 Å². The van der Waals surface area contributed by atoms with Crippen molar-refractivity contribution in [1.29, 1.82) is 0 Å². The summed E-state index contributed by atoms with van der Waals surface area (Å²) >= 11 is 1.89. The van der Waals surface area contributed by atoms with Crippen LogP contribution in [0.4, 0.5) is 5.69 Å². The van der Waals surface area contributed by atoms with Gasteiger partial charge >= 0.3 is 0 Å². The predicted molar refractivity (Wildman–Crippen MR) is 77.6 cm³/mol. The van der Waals surface area contributed by atoms with E-state index < -0.39 is 0 Å². The number of hydrogen-bond acceptors (Lipinski definition) is 4. The minimum absolute atomic E-state index is 0.0151. The lowest BCUT2D eigenvalue weighted by Crippen LogP contribution is -2.34. The second kappa shape index (κ2) is 7.97. The largest absolute Gasteiger partial charge is 0.397 e. The molecule has 0 saturated heterocycles. The first-order valence-corrected chi connectivity index (χ1v) is 7.34. The molecule has 1 rings (SSSR count). The number of rotatable bonds is 7. The van der Waals surface area contributed by atoms with Crippen LogP contribution in [0.25, 0.3) is 0 Å². The average molecular weight is 267 g/mol. The molecule has 0 fully saturated rings. The van der Waals surface area contributed by atoms with Gasteiger partial charge in [-0.15, -0.1) is 0 Å². The fraction of sp³-hybridized carbons (Fsp3) is 0.538. The Morgan fingerprint density at radius 3 is 2.94 bits per heavy atom. The zero-order chi connectivity index (χ0) is 13.4. The molecule has 1 aromatic rings. The minimum Gasteiger partial charge on any atom is -0.397 e. The topological polar surface area (TPSA) is 68.0 Å². The number of aromatic nitrogens is 1. The standard InChI is InChI=1S/C13H21N3OS/c1-3-18-7-6-10(2)16-13(17)8-12-5-4-11(14)9-15-12/h4-5,9-10H,3,6-8,14H2,1-2H3,(H,16,17). The summed E-state index contributed by atoms with van der Waals surface area (Å²) < 4.78 is 0. The number of carbonyl (C=O) groups is 1. The summed E-state index contributed by atoms with van der Waals surface area (Å²) in [4.78, 5) is 15.9. The fourth-order valence-electron chi connectivity index (χ4n) is 1.51. The second-order valence-corrected chi connectivity index (χ2v) is 5.61. The fourth-order valence-corrected chi connectivity index (χ4v) is 2.32. The van der Waals surface area contributed by atoms with Gasteiger partial charge in [-0.2, -0.15) is 11.8 Å². The van der Waals surface area contributed by atoms with Crippen LogP contribution in [0.5, 0.6) is 0 Å². The van der Waals surface area contributed by atoms with E-state index in [9.17, 15) is 4.79 Å². The van der Waals surface area contributed by atoms with Crippen molar-refractivity contribution in [3.8, 4) is 0 Å². The van der Waals surface area contributed by atoms with E-state index in [1.54, 1.807) is 18.3 Å². The molecule has 4 nitrogen and oxygen atoms in total. The maximum absolute atomic E-state index is 11.8. The van der Waals surface area contributed by atoms with E-state index >= 15 is 0 Å². The second-order valence-electron chi connectivity index (χ2n) is 4.21. The molecular formula is C13H21N3OS. The van der Waals surface area contributed by atoms with Crippen molar-refractivity contribution in [1.82, 2.24) is 10.3 Å². The van der Waals surface area contributed by atoms with Crippen molar-refractivity contribution >= 4 is 23.4 Å². The molecule has 0 spiro atoms. The Hall–Kier alpha value is -1.23. The molecule has 1 heterocycles. The quantitative estimate of drug-likeness (QED) is 0.740. The van der Waals surface area contributed by atoms with Crippen LogP contribution in [-0.2, 0) is 11.2 Å². The Bertz CT molecular complexity index is 367. The first-order valence-electron chi connectivity index (χ1n) is 6.19. The van der Waals surface area contributed by atoms with Crippen LogP contribution in [0.1, 0.15) is 26.0 Å². The number of anilines is 1. The van der Waals surface area contributed by atoms with E-state index in [1.807, 2.05) is 18.7 Å². The summed E-state index contributed by atoms with van der Waals surface area (Å²) in [7, 11) is 0. The normalized spacial score (nSPS) is 12.1. The van der Waals surface area contributed by atoms with Crippen molar-refractivity contribution in [3.63, 3.8) is 0 Å². The summed E-state index contributed by atoms with van der Waals surface area (Å²) in [6, 6.07) is 3.76. The van der Waals surface area contributed by atoms with Gasteiger partial charge in [-0.1, -0.05) is 6.92 Å². The highest BCUT2D eigenvalue weighted by Gasteiger charge is 2.08. The monoisotopic (exact) mass is 267 g/mol. The van der Waals surface area contributed by atoms with Gasteiger partial charge < -0.3 is 11.1 Å². The Labute approximate surface area is 113 Å². The third-order valence-electron chi connectivity index (χ3n) is 2.50. The molecule has 5 heteroatoms. The minimum atomic E-state index is 0.0151. The molecule has 1 atom stereocenters. The lowest BCUT2D eigenvalue weighted by molar-refractivity contribution is -0.121. The van der Waals surface area contributed by atoms with Crippen molar-refractivity contribution in [2.24, 2.45) is 0 Å². The Balaban J connectivity index is 2.30. The number of nitrogens with two attached hydrogens (primary N) is 1. The number of nitrogens with one attached hydrogen (secondary N) is 1. The highest BCUT2D eigenvalue weighted by atomic mass is 32.2. The lowest BCUT2D eigenvalue weighted by Gasteiger charge is -2.13. The first-order chi connectivity index (χ1) is 8.61. The predicted octanol–water partition coefficient (Wildman–Crippen LogP) is 1.85. The molecule has 1 amide bonds.